The van der Waals surface area contributed by atoms with E-state index >= 15 is 0 Å². The highest BCUT2D eigenvalue weighted by atomic mass is 16.4. The van der Waals surface area contributed by atoms with Crippen LogP contribution in [0.25, 0.3) is 0 Å². The second kappa shape index (κ2) is 7.29. The van der Waals surface area contributed by atoms with E-state index in [2.05, 4.69) is 29.2 Å². The van der Waals surface area contributed by atoms with Gasteiger partial charge in [0, 0.05) is 12.6 Å². The van der Waals surface area contributed by atoms with E-state index < -0.39 is 5.97 Å². The molecule has 3 heteroatoms. The number of unbranched alkanes of at least 4 members (excludes halogenated alkanes) is 1. The molecule has 3 nitrogen and oxygen atoms in total. The molecule has 104 valence electrons. The second-order valence-corrected chi connectivity index (χ2v) is 5.35. The Kier molecular flexibility index (Phi) is 5.40. The Morgan fingerprint density at radius 2 is 1.89 bits per heavy atom. The van der Waals surface area contributed by atoms with Gasteiger partial charge in [0.15, 0.2) is 0 Å². The largest absolute Gasteiger partial charge is 0.481 e. The van der Waals surface area contributed by atoms with Crippen molar-refractivity contribution in [3.05, 3.63) is 35.9 Å². The van der Waals surface area contributed by atoms with Crippen LogP contribution in [0.3, 0.4) is 0 Å². The van der Waals surface area contributed by atoms with Crippen molar-refractivity contribution in [3.8, 4) is 0 Å². The second-order valence-electron chi connectivity index (χ2n) is 5.35. The van der Waals surface area contributed by atoms with Crippen molar-refractivity contribution in [2.75, 3.05) is 13.1 Å². The summed E-state index contributed by atoms with van der Waals surface area (Å²) in [6.07, 6.45) is 6.23. The molecular formula is C16H23NO2. The fourth-order valence-corrected chi connectivity index (χ4v) is 2.44. The molecule has 0 atom stereocenters. The van der Waals surface area contributed by atoms with Crippen LogP contribution in [0.1, 0.15) is 37.7 Å². The van der Waals surface area contributed by atoms with Gasteiger partial charge in [-0.1, -0.05) is 30.3 Å². The Hall–Kier alpha value is -1.35. The van der Waals surface area contributed by atoms with Crippen LogP contribution in [0, 0.1) is 0 Å². The predicted molar refractivity (Wildman–Crippen MR) is 76.2 cm³/mol. The molecule has 1 aromatic carbocycles. The van der Waals surface area contributed by atoms with E-state index in [9.17, 15) is 4.79 Å². The van der Waals surface area contributed by atoms with E-state index in [1.54, 1.807) is 0 Å². The highest BCUT2D eigenvalue weighted by Gasteiger charge is 2.28. The van der Waals surface area contributed by atoms with Gasteiger partial charge in [0.1, 0.15) is 0 Å². The highest BCUT2D eigenvalue weighted by molar-refractivity contribution is 5.66. The fourth-order valence-electron chi connectivity index (χ4n) is 2.44. The fraction of sp³-hybridized carbons (Fsp3) is 0.562. The number of nitrogens with zero attached hydrogens (tertiary/aromatic N) is 1. The lowest BCUT2D eigenvalue weighted by Crippen LogP contribution is -2.29. The molecule has 19 heavy (non-hydrogen) atoms. The lowest BCUT2D eigenvalue weighted by molar-refractivity contribution is -0.137. The first-order valence-corrected chi connectivity index (χ1v) is 7.25. The molecule has 0 bridgehead atoms. The lowest BCUT2D eigenvalue weighted by atomic mass is 10.1. The molecule has 0 spiro atoms. The van der Waals surface area contributed by atoms with E-state index in [0.29, 0.717) is 12.6 Å². The van der Waals surface area contributed by atoms with Gasteiger partial charge in [-0.2, -0.15) is 0 Å². The molecule has 0 aromatic heterocycles. The summed E-state index contributed by atoms with van der Waals surface area (Å²) in [5.41, 5.74) is 1.39. The highest BCUT2D eigenvalue weighted by Crippen LogP contribution is 2.27. The van der Waals surface area contributed by atoms with Crippen LogP contribution < -0.4 is 0 Å². The number of carbonyl (C=O) groups is 1. The predicted octanol–water partition coefficient (Wildman–Crippen LogP) is 2.95. The van der Waals surface area contributed by atoms with Gasteiger partial charge >= 0.3 is 5.97 Å². The van der Waals surface area contributed by atoms with Gasteiger partial charge in [-0.3, -0.25) is 9.69 Å². The summed E-state index contributed by atoms with van der Waals surface area (Å²) in [6.45, 7) is 1.76. The summed E-state index contributed by atoms with van der Waals surface area (Å²) in [5, 5.41) is 8.76. The summed E-state index contributed by atoms with van der Waals surface area (Å²) in [5.74, 6) is -0.685. The van der Waals surface area contributed by atoms with Crippen molar-refractivity contribution >= 4 is 5.97 Å². The molecule has 1 aromatic rings. The third-order valence-corrected chi connectivity index (χ3v) is 3.68. The van der Waals surface area contributed by atoms with Crippen molar-refractivity contribution < 1.29 is 9.90 Å². The quantitative estimate of drug-likeness (QED) is 0.695. The zero-order chi connectivity index (χ0) is 13.5. The molecule has 0 amide bonds. The Labute approximate surface area is 115 Å². The molecule has 1 aliphatic carbocycles. The first kappa shape index (κ1) is 14.1. The van der Waals surface area contributed by atoms with E-state index in [0.717, 1.165) is 19.4 Å². The summed E-state index contributed by atoms with van der Waals surface area (Å²) in [7, 11) is 0. The molecule has 1 fully saturated rings. The maximum Gasteiger partial charge on any atom is 0.304 e. The minimum atomic E-state index is -0.685. The molecule has 1 saturated carbocycles. The van der Waals surface area contributed by atoms with Crippen molar-refractivity contribution in [1.82, 2.24) is 4.90 Å². The van der Waals surface area contributed by atoms with Crippen molar-refractivity contribution in [3.63, 3.8) is 0 Å². The maximum absolute atomic E-state index is 10.6. The normalized spacial score (nSPS) is 14.8. The van der Waals surface area contributed by atoms with Gasteiger partial charge in [-0.15, -0.1) is 0 Å². The number of rotatable bonds is 9. The Morgan fingerprint density at radius 1 is 1.16 bits per heavy atom. The third-order valence-electron chi connectivity index (χ3n) is 3.68. The average molecular weight is 261 g/mol. The number of aryl methyl sites for hydroxylation is 1. The molecule has 1 N–H and O–H groups in total. The zero-order valence-electron chi connectivity index (χ0n) is 11.4. The molecular weight excluding hydrogens is 238 g/mol. The van der Waals surface area contributed by atoms with Gasteiger partial charge in [-0.25, -0.2) is 0 Å². The van der Waals surface area contributed by atoms with Gasteiger partial charge in [0.25, 0.3) is 0 Å². The molecule has 0 unspecified atom stereocenters. The Balaban J connectivity index is 1.63. The number of carboxylic acid groups (broad SMARTS) is 1. The number of hydrogen-bond acceptors (Lipinski definition) is 2. The summed E-state index contributed by atoms with van der Waals surface area (Å²) >= 11 is 0. The van der Waals surface area contributed by atoms with E-state index in [1.807, 2.05) is 6.07 Å². The number of hydrogen-bond donors (Lipinski definition) is 1. The lowest BCUT2D eigenvalue weighted by Gasteiger charge is -2.20. The summed E-state index contributed by atoms with van der Waals surface area (Å²) in [4.78, 5) is 13.0. The van der Waals surface area contributed by atoms with Gasteiger partial charge in [0.2, 0.25) is 0 Å². The van der Waals surface area contributed by atoms with Gasteiger partial charge < -0.3 is 5.11 Å². The third kappa shape index (κ3) is 5.43. The molecule has 0 radical (unpaired) electrons. The number of benzene rings is 1. The zero-order valence-corrected chi connectivity index (χ0v) is 11.4. The number of carboxylic acids is 1. The van der Waals surface area contributed by atoms with Gasteiger partial charge in [-0.05, 0) is 44.2 Å². The van der Waals surface area contributed by atoms with Crippen molar-refractivity contribution in [1.29, 1.82) is 0 Å². The average Bonchev–Trinajstić information content (AvgIpc) is 3.23. The van der Waals surface area contributed by atoms with Crippen molar-refractivity contribution in [2.45, 2.75) is 44.6 Å². The van der Waals surface area contributed by atoms with Gasteiger partial charge in [0.05, 0.1) is 6.42 Å². The van der Waals surface area contributed by atoms with E-state index in [1.165, 1.54) is 24.8 Å². The van der Waals surface area contributed by atoms with Crippen LogP contribution in [0.15, 0.2) is 30.3 Å². The van der Waals surface area contributed by atoms with Crippen LogP contribution in [-0.4, -0.2) is 35.1 Å². The monoisotopic (exact) mass is 261 g/mol. The standard InChI is InChI=1S/C16H23NO2/c18-16(19)11-13-17(15-9-10-15)12-5-4-8-14-6-2-1-3-7-14/h1-3,6-7,15H,4-5,8-13H2,(H,18,19). The minimum absolute atomic E-state index is 0.273. The minimum Gasteiger partial charge on any atom is -0.481 e. The molecule has 1 aliphatic rings. The first-order valence-electron chi connectivity index (χ1n) is 7.25. The summed E-state index contributed by atoms with van der Waals surface area (Å²) in [6, 6.07) is 11.2. The van der Waals surface area contributed by atoms with Crippen LogP contribution in [0.5, 0.6) is 0 Å². The summed E-state index contributed by atoms with van der Waals surface area (Å²) < 4.78 is 0. The molecule has 0 heterocycles. The molecule has 0 aliphatic heterocycles. The van der Waals surface area contributed by atoms with Crippen LogP contribution in [-0.2, 0) is 11.2 Å². The van der Waals surface area contributed by atoms with Crippen molar-refractivity contribution in [2.24, 2.45) is 0 Å². The smallest absolute Gasteiger partial charge is 0.304 e. The van der Waals surface area contributed by atoms with E-state index in [4.69, 9.17) is 5.11 Å². The first-order chi connectivity index (χ1) is 9.25. The van der Waals surface area contributed by atoms with E-state index in [-0.39, 0.29) is 6.42 Å². The van der Waals surface area contributed by atoms with Crippen LogP contribution in [0.2, 0.25) is 0 Å². The molecule has 0 saturated heterocycles. The SMILES string of the molecule is O=C(O)CCN(CCCCc1ccccc1)C1CC1. The topological polar surface area (TPSA) is 40.5 Å². The Morgan fingerprint density at radius 3 is 2.53 bits per heavy atom. The van der Waals surface area contributed by atoms with Crippen LogP contribution in [0.4, 0.5) is 0 Å². The maximum atomic E-state index is 10.6. The van der Waals surface area contributed by atoms with Crippen LogP contribution >= 0.6 is 0 Å². The molecule has 2 rings (SSSR count). The Bertz CT molecular complexity index is 387. The number of aliphatic carboxylic acids is 1.